The molecule has 0 atom stereocenters. The molecule has 0 saturated carbocycles. The summed E-state index contributed by atoms with van der Waals surface area (Å²) in [6, 6.07) is 5.94. The topological polar surface area (TPSA) is 53.9 Å². The van der Waals surface area contributed by atoms with Gasteiger partial charge >= 0.3 is 0 Å². The normalized spacial score (nSPS) is 17.5. The van der Waals surface area contributed by atoms with Gasteiger partial charge in [-0.1, -0.05) is 18.6 Å². The molecule has 1 saturated heterocycles. The zero-order valence-electron chi connectivity index (χ0n) is 16.7. The zero-order chi connectivity index (χ0) is 20.4. The van der Waals surface area contributed by atoms with Gasteiger partial charge in [0.05, 0.1) is 44.4 Å². The largest absolute Gasteiger partial charge is 0.334 e. The van der Waals surface area contributed by atoms with Gasteiger partial charge < -0.3 is 15.1 Å². The lowest BCUT2D eigenvalue weighted by molar-refractivity contribution is -0.883. The summed E-state index contributed by atoms with van der Waals surface area (Å²) in [7, 11) is 2.14. The van der Waals surface area contributed by atoms with Gasteiger partial charge in [-0.3, -0.25) is 9.59 Å². The lowest BCUT2D eigenvalue weighted by Crippen LogP contribution is -3.12. The molecule has 1 aromatic heterocycles. The maximum Gasteiger partial charge on any atom is 0.259 e. The van der Waals surface area contributed by atoms with Gasteiger partial charge in [0.1, 0.15) is 10.8 Å². The number of nitrogens with one attached hydrogen (secondary N) is 2. The molecule has 1 aliphatic heterocycles. The van der Waals surface area contributed by atoms with Crippen LogP contribution in [0.5, 0.6) is 0 Å². The molecule has 2 amide bonds. The molecule has 2 heterocycles. The average molecular weight is 417 g/mol. The molecule has 5 nitrogen and oxygen atoms in total. The number of hydrogen-bond acceptors (Lipinski definition) is 3. The minimum absolute atomic E-state index is 0.000679. The molecule has 4 rings (SSSR count). The Bertz CT molecular complexity index is 919. The summed E-state index contributed by atoms with van der Waals surface area (Å²) < 4.78 is 14.1. The van der Waals surface area contributed by atoms with E-state index in [0.29, 0.717) is 10.6 Å². The van der Waals surface area contributed by atoms with Crippen LogP contribution in [0, 0.1) is 5.82 Å². The van der Waals surface area contributed by atoms with E-state index in [9.17, 15) is 14.0 Å². The highest BCUT2D eigenvalue weighted by Gasteiger charge is 2.31. The van der Waals surface area contributed by atoms with E-state index in [0.717, 1.165) is 63.8 Å². The Balaban J connectivity index is 1.67. The van der Waals surface area contributed by atoms with Crippen molar-refractivity contribution in [2.24, 2.45) is 0 Å². The van der Waals surface area contributed by atoms with Crippen LogP contribution in [0.4, 0.5) is 9.39 Å². The first-order chi connectivity index (χ1) is 14.0. The van der Waals surface area contributed by atoms with Crippen molar-refractivity contribution in [3.63, 3.8) is 0 Å². The maximum atomic E-state index is 14.1. The van der Waals surface area contributed by atoms with Gasteiger partial charge in [-0.15, -0.1) is 11.3 Å². The highest BCUT2D eigenvalue weighted by molar-refractivity contribution is 7.17. The summed E-state index contributed by atoms with van der Waals surface area (Å²) in [5.74, 6) is -1.06. The number of rotatable bonds is 3. The van der Waals surface area contributed by atoms with E-state index in [1.54, 1.807) is 12.1 Å². The standard InChI is InChI=1S/C22H26FN3O2S/c1-25-11-13-26(14-12-25)22(28)19-16-8-3-2-4-10-18(16)29-21(19)24-20(27)15-7-5-6-9-17(15)23/h5-7,9H,2-4,8,10-14H2,1H3,(H,24,27)/p+1. The van der Waals surface area contributed by atoms with Crippen LogP contribution in [0.15, 0.2) is 24.3 Å². The zero-order valence-corrected chi connectivity index (χ0v) is 17.5. The summed E-state index contributed by atoms with van der Waals surface area (Å²) in [4.78, 5) is 30.7. The SMILES string of the molecule is C[NH+]1CCN(C(=O)c2c(NC(=O)c3ccccc3F)sc3c2CCCCC3)CC1. The molecule has 1 aliphatic carbocycles. The second-order valence-electron chi connectivity index (χ2n) is 7.95. The number of anilines is 1. The summed E-state index contributed by atoms with van der Waals surface area (Å²) >= 11 is 1.49. The Hall–Kier alpha value is -2.25. The van der Waals surface area contributed by atoms with Crippen molar-refractivity contribution in [3.8, 4) is 0 Å². The lowest BCUT2D eigenvalue weighted by atomic mass is 10.0. The highest BCUT2D eigenvalue weighted by Crippen LogP contribution is 2.38. The lowest BCUT2D eigenvalue weighted by Gasteiger charge is -2.30. The van der Waals surface area contributed by atoms with E-state index in [4.69, 9.17) is 0 Å². The molecule has 154 valence electrons. The second-order valence-corrected chi connectivity index (χ2v) is 9.06. The molecule has 2 N–H and O–H groups in total. The van der Waals surface area contributed by atoms with Crippen molar-refractivity contribution in [3.05, 3.63) is 51.7 Å². The summed E-state index contributed by atoms with van der Waals surface area (Å²) in [6.07, 6.45) is 5.10. The fourth-order valence-corrected chi connectivity index (χ4v) is 5.40. The second kappa shape index (κ2) is 8.63. The van der Waals surface area contributed by atoms with Crippen molar-refractivity contribution in [2.45, 2.75) is 32.1 Å². The van der Waals surface area contributed by atoms with E-state index < -0.39 is 11.7 Å². The van der Waals surface area contributed by atoms with Crippen LogP contribution < -0.4 is 10.2 Å². The van der Waals surface area contributed by atoms with Crippen LogP contribution in [0.25, 0.3) is 0 Å². The number of carbonyl (C=O) groups excluding carboxylic acids is 2. The maximum absolute atomic E-state index is 14.1. The number of nitrogens with zero attached hydrogens (tertiary/aromatic N) is 1. The molecule has 1 fully saturated rings. The van der Waals surface area contributed by atoms with Gasteiger partial charge in [-0.2, -0.15) is 0 Å². The van der Waals surface area contributed by atoms with Crippen molar-refractivity contribution < 1.29 is 18.9 Å². The van der Waals surface area contributed by atoms with Gasteiger partial charge in [-0.25, -0.2) is 4.39 Å². The minimum atomic E-state index is -0.557. The van der Waals surface area contributed by atoms with Crippen LogP contribution in [0.2, 0.25) is 0 Å². The summed E-state index contributed by atoms with van der Waals surface area (Å²) in [5.41, 5.74) is 1.72. The van der Waals surface area contributed by atoms with E-state index in [1.165, 1.54) is 33.2 Å². The van der Waals surface area contributed by atoms with Crippen LogP contribution in [-0.2, 0) is 12.8 Å². The molecular weight excluding hydrogens is 389 g/mol. The number of likely N-dealkylation sites (N-methyl/N-ethyl adjacent to an activating group) is 1. The quantitative estimate of drug-likeness (QED) is 0.755. The molecule has 2 aromatic rings. The smallest absolute Gasteiger partial charge is 0.259 e. The first-order valence-corrected chi connectivity index (χ1v) is 11.2. The first kappa shape index (κ1) is 20.0. The van der Waals surface area contributed by atoms with Crippen molar-refractivity contribution >= 4 is 28.2 Å². The first-order valence-electron chi connectivity index (χ1n) is 10.4. The Morgan fingerprint density at radius 2 is 1.83 bits per heavy atom. The Labute approximate surface area is 174 Å². The number of thiophene rings is 1. The van der Waals surface area contributed by atoms with Crippen molar-refractivity contribution in [1.29, 1.82) is 0 Å². The fraction of sp³-hybridized carbons (Fsp3) is 0.455. The number of fused-ring (bicyclic) bond motifs is 1. The molecule has 2 aliphatic rings. The van der Waals surface area contributed by atoms with E-state index in [-0.39, 0.29) is 11.5 Å². The number of hydrogen-bond donors (Lipinski definition) is 2. The number of carbonyl (C=O) groups is 2. The minimum Gasteiger partial charge on any atom is -0.334 e. The van der Waals surface area contributed by atoms with Crippen molar-refractivity contribution in [1.82, 2.24) is 4.90 Å². The van der Waals surface area contributed by atoms with Crippen molar-refractivity contribution in [2.75, 3.05) is 38.5 Å². The number of amides is 2. The van der Waals surface area contributed by atoms with Crippen LogP contribution >= 0.6 is 11.3 Å². The molecule has 0 spiro atoms. The summed E-state index contributed by atoms with van der Waals surface area (Å²) in [6.45, 7) is 3.29. The van der Waals surface area contributed by atoms with E-state index >= 15 is 0 Å². The van der Waals surface area contributed by atoms with Gasteiger partial charge in [0, 0.05) is 4.88 Å². The third-order valence-corrected chi connectivity index (χ3v) is 7.09. The number of halogens is 1. The Morgan fingerprint density at radius 1 is 1.10 bits per heavy atom. The summed E-state index contributed by atoms with van der Waals surface area (Å²) in [5, 5.41) is 3.43. The van der Waals surface area contributed by atoms with Crippen LogP contribution in [0.3, 0.4) is 0 Å². The highest BCUT2D eigenvalue weighted by atomic mass is 32.1. The molecule has 0 bridgehead atoms. The molecular formula is C22H27FN3O2S+. The van der Waals surface area contributed by atoms with Gasteiger partial charge in [0.15, 0.2) is 0 Å². The van der Waals surface area contributed by atoms with E-state index in [2.05, 4.69) is 12.4 Å². The number of quaternary nitrogens is 1. The number of aryl methyl sites for hydroxylation is 1. The molecule has 7 heteroatoms. The fourth-order valence-electron chi connectivity index (χ4n) is 4.12. The molecule has 0 radical (unpaired) electrons. The predicted molar refractivity (Wildman–Crippen MR) is 112 cm³/mol. The number of piperazine rings is 1. The molecule has 1 aromatic carbocycles. The van der Waals surface area contributed by atoms with Gasteiger partial charge in [0.2, 0.25) is 0 Å². The molecule has 29 heavy (non-hydrogen) atoms. The molecule has 0 unspecified atom stereocenters. The average Bonchev–Trinajstić information content (AvgIpc) is 2.88. The third-order valence-electron chi connectivity index (χ3n) is 5.88. The Morgan fingerprint density at radius 3 is 2.59 bits per heavy atom. The van der Waals surface area contributed by atoms with E-state index in [1.807, 2.05) is 4.90 Å². The Kier molecular flexibility index (Phi) is 5.96. The van der Waals surface area contributed by atoms with Crippen LogP contribution in [-0.4, -0.2) is 49.9 Å². The van der Waals surface area contributed by atoms with Crippen LogP contribution in [0.1, 0.15) is 50.4 Å². The number of benzene rings is 1. The monoisotopic (exact) mass is 416 g/mol. The third kappa shape index (κ3) is 4.21. The van der Waals surface area contributed by atoms with Gasteiger partial charge in [0.25, 0.3) is 11.8 Å². The van der Waals surface area contributed by atoms with Gasteiger partial charge in [-0.05, 0) is 43.4 Å². The predicted octanol–water partition coefficient (Wildman–Crippen LogP) is 2.38.